The maximum absolute atomic E-state index is 2.63. The molecule has 0 fully saturated rings. The molecule has 4 heteroatoms. The van der Waals surface area contributed by atoms with Crippen molar-refractivity contribution in [2.24, 2.45) is 0 Å². The Kier molecular flexibility index (Phi) is 1.63. The van der Waals surface area contributed by atoms with E-state index in [-0.39, 0.29) is 0 Å². The van der Waals surface area contributed by atoms with Gasteiger partial charge in [0.1, 0.15) is 0 Å². The molecule has 0 bridgehead atoms. The number of benzene rings is 3. The fourth-order valence-electron chi connectivity index (χ4n) is 3.66. The summed E-state index contributed by atoms with van der Waals surface area (Å²) < 4.78 is 14.6. The molecule has 20 heavy (non-hydrogen) atoms. The summed E-state index contributed by atoms with van der Waals surface area (Å²) in [7, 11) is 0. The Balaban J connectivity index is 1.79. The van der Waals surface area contributed by atoms with Crippen molar-refractivity contribution < 1.29 is 0 Å². The molecule has 3 aromatic carbocycles. The van der Waals surface area contributed by atoms with Crippen LogP contribution in [0, 0.1) is 0 Å². The zero-order valence-electron chi connectivity index (χ0n) is 10.8. The van der Waals surface area contributed by atoms with E-state index in [1.54, 1.807) is 30.1 Å². The van der Waals surface area contributed by atoms with Crippen LogP contribution in [-0.4, -0.2) is 56.8 Å². The Morgan fingerprint density at radius 2 is 1.05 bits per heavy atom. The van der Waals surface area contributed by atoms with Crippen LogP contribution in [0.4, 0.5) is 0 Å². The monoisotopic (exact) mass is 520 g/mol. The van der Waals surface area contributed by atoms with Gasteiger partial charge in [-0.2, -0.15) is 0 Å². The molecule has 4 heterocycles. The first-order valence-electron chi connectivity index (χ1n) is 6.60. The van der Waals surface area contributed by atoms with Gasteiger partial charge in [-0.1, -0.05) is 0 Å². The van der Waals surface area contributed by atoms with Gasteiger partial charge in [-0.05, 0) is 0 Å². The molecule has 0 nitrogen and oxygen atoms in total. The van der Waals surface area contributed by atoms with Crippen LogP contribution >= 0.6 is 0 Å². The zero-order chi connectivity index (χ0) is 12.9. The summed E-state index contributed by atoms with van der Waals surface area (Å²) in [4.78, 5) is 0. The predicted octanol–water partition coefficient (Wildman–Crippen LogP) is 0.393. The van der Waals surface area contributed by atoms with Gasteiger partial charge in [0.15, 0.2) is 0 Å². The third-order valence-electron chi connectivity index (χ3n) is 4.84. The van der Waals surface area contributed by atoms with Gasteiger partial charge in [0.25, 0.3) is 0 Å². The van der Waals surface area contributed by atoms with E-state index in [4.69, 9.17) is 0 Å². The van der Waals surface area contributed by atoms with E-state index in [0.29, 0.717) is 0 Å². The van der Waals surface area contributed by atoms with Crippen molar-refractivity contribution in [3.63, 3.8) is 0 Å². The van der Waals surface area contributed by atoms with E-state index < -0.39 is 27.8 Å². The van der Waals surface area contributed by atoms with E-state index in [0.717, 1.165) is 29.0 Å². The van der Waals surface area contributed by atoms with Crippen LogP contribution in [0.25, 0.3) is 38.6 Å². The second-order valence-corrected chi connectivity index (χ2v) is 17.8. The molecule has 2 aliphatic rings. The summed E-state index contributed by atoms with van der Waals surface area (Å²) in [6.07, 6.45) is 0. The molecule has 0 atom stereocenters. The number of hydrogen-bond donors (Lipinski definition) is 0. The van der Waals surface area contributed by atoms with Gasteiger partial charge < -0.3 is 0 Å². The fraction of sp³-hybridized carbons (Fsp3) is 0.125. The molecule has 0 aliphatic carbocycles. The first-order valence-corrected chi connectivity index (χ1v) is 16.9. The van der Waals surface area contributed by atoms with Crippen LogP contribution in [0.5, 0.6) is 0 Å². The molecule has 2 aliphatic heterocycles. The Labute approximate surface area is 136 Å². The van der Waals surface area contributed by atoms with Gasteiger partial charge in [0.05, 0.1) is 0 Å². The van der Waals surface area contributed by atoms with E-state index in [2.05, 4.69) is 23.8 Å². The molecule has 5 aromatic rings. The van der Waals surface area contributed by atoms with Crippen molar-refractivity contribution in [2.75, 3.05) is 0 Å². The van der Waals surface area contributed by atoms with Gasteiger partial charge in [-0.15, -0.1) is 0 Å². The Bertz CT molecular complexity index is 1130. The summed E-state index contributed by atoms with van der Waals surface area (Å²) >= 11 is 0.577. The minimum atomic E-state index is -0.461. The molecule has 0 unspecified atom stereocenters. The third kappa shape index (κ3) is 1.04. The second kappa shape index (κ2) is 3.00. The van der Waals surface area contributed by atoms with E-state index >= 15 is 0 Å². The molecule has 0 spiro atoms. The van der Waals surface area contributed by atoms with Gasteiger partial charge in [0, 0.05) is 0 Å². The Morgan fingerprint density at radius 3 is 1.55 bits per heavy atom. The molecule has 0 N–H and O–H groups in total. The Hall–Kier alpha value is 0.258. The van der Waals surface area contributed by atoms with Crippen LogP contribution in [0.3, 0.4) is 0 Å². The van der Waals surface area contributed by atoms with Crippen LogP contribution in [0.1, 0.15) is 0 Å². The number of fused-ring (bicyclic) bond motifs is 12. The van der Waals surface area contributed by atoms with Gasteiger partial charge in [0.2, 0.25) is 0 Å². The predicted molar refractivity (Wildman–Crippen MR) is 94.5 cm³/mol. The average Bonchev–Trinajstić information content (AvgIpc) is 3.23. The van der Waals surface area contributed by atoms with Crippen LogP contribution in [0.15, 0.2) is 12.1 Å². The number of hydrogen-bond acceptors (Lipinski definition) is 0. The second-order valence-electron chi connectivity index (χ2n) is 5.80. The van der Waals surface area contributed by atoms with Crippen molar-refractivity contribution in [1.82, 2.24) is 0 Å². The molecule has 2 radical (unpaired) electrons. The molecular formula is C16H8Se4. The fourth-order valence-corrected chi connectivity index (χ4v) is 20.4. The number of rotatable bonds is 0. The quantitative estimate of drug-likeness (QED) is 0.207. The first kappa shape index (κ1) is 10.9. The van der Waals surface area contributed by atoms with Crippen LogP contribution < -0.4 is 17.8 Å². The van der Waals surface area contributed by atoms with Crippen LogP contribution in [0.2, 0.25) is 11.6 Å². The van der Waals surface area contributed by atoms with Crippen LogP contribution in [-0.2, 0) is 0 Å². The van der Waals surface area contributed by atoms with Gasteiger partial charge in [-0.3, -0.25) is 0 Å². The summed E-state index contributed by atoms with van der Waals surface area (Å²) in [6, 6.07) is 5.24. The zero-order valence-corrected chi connectivity index (χ0v) is 17.6. The molecular weight excluding hydrogens is 508 g/mol. The normalized spacial score (nSPS) is 18.1. The van der Waals surface area contributed by atoms with Crippen molar-refractivity contribution >= 4 is 113 Å². The average molecular weight is 516 g/mol. The third-order valence-corrected chi connectivity index (χ3v) is 18.3. The molecule has 0 saturated heterocycles. The SMILES string of the molecule is C[Se]1c2c1c1[se]c1c1cc3c(cc21)c1c(c2[se]c23)[Se]1C. The molecule has 0 amide bonds. The summed E-state index contributed by atoms with van der Waals surface area (Å²) in [5, 5.41) is 6.69. The van der Waals surface area contributed by atoms with Gasteiger partial charge in [-0.25, -0.2) is 0 Å². The summed E-state index contributed by atoms with van der Waals surface area (Å²) in [6.45, 7) is 0. The topological polar surface area (TPSA) is 0 Å². The molecule has 7 rings (SSSR count). The summed E-state index contributed by atoms with van der Waals surface area (Å²) in [5.74, 6) is 5.06. The molecule has 2 aromatic heterocycles. The van der Waals surface area contributed by atoms with E-state index in [1.807, 2.05) is 26.4 Å². The molecule has 0 saturated carbocycles. The standard InChI is InChI=1S/C16H8Se4/c1-19-13-7-4-8-6(3-5(7)9-11(17-9)15(13)19)10-12(18-10)16-14(8)20(16)2/h3-4H,1-2H3. The van der Waals surface area contributed by atoms with Crippen molar-refractivity contribution in [3.8, 4) is 0 Å². The van der Waals surface area contributed by atoms with Gasteiger partial charge >= 0.3 is 137 Å². The minimum absolute atomic E-state index is 0.461. The summed E-state index contributed by atoms with van der Waals surface area (Å²) in [5.41, 5.74) is 0. The van der Waals surface area contributed by atoms with Crippen molar-refractivity contribution in [3.05, 3.63) is 12.1 Å². The first-order chi connectivity index (χ1) is 9.75. The van der Waals surface area contributed by atoms with E-state index in [1.165, 1.54) is 0 Å². The van der Waals surface area contributed by atoms with E-state index in [9.17, 15) is 0 Å². The van der Waals surface area contributed by atoms with Crippen molar-refractivity contribution in [1.29, 1.82) is 0 Å². The Morgan fingerprint density at radius 1 is 0.600 bits per heavy atom. The van der Waals surface area contributed by atoms with Crippen molar-refractivity contribution in [2.45, 2.75) is 11.6 Å². The molecule has 96 valence electrons. The maximum atomic E-state index is 2.63.